The summed E-state index contributed by atoms with van der Waals surface area (Å²) in [4.78, 5) is 12.1. The number of hydrogen-bond acceptors (Lipinski definition) is 3. The van der Waals surface area contributed by atoms with Crippen LogP contribution in [0.15, 0.2) is 0 Å². The monoisotopic (exact) mass is 301 g/mol. The van der Waals surface area contributed by atoms with Gasteiger partial charge in [-0.05, 0) is 26.2 Å². The molecule has 0 rings (SSSR count). The van der Waals surface area contributed by atoms with Crippen LogP contribution in [0.25, 0.3) is 0 Å². The van der Waals surface area contributed by atoms with Gasteiger partial charge in [0.25, 0.3) is 0 Å². The Kier molecular flexibility index (Phi) is 15.5. The van der Waals surface area contributed by atoms with E-state index >= 15 is 0 Å². The van der Waals surface area contributed by atoms with Gasteiger partial charge < -0.3 is 10.9 Å². The molecule has 3 N–H and O–H groups in total. The Balaban J connectivity index is 0. The molecule has 3 nitrogen and oxygen atoms in total. The van der Waals surface area contributed by atoms with Gasteiger partial charge in [0.1, 0.15) is 0 Å². The van der Waals surface area contributed by atoms with E-state index < -0.39 is 0 Å². The van der Waals surface area contributed by atoms with Crippen LogP contribution in [0.2, 0.25) is 0 Å². The molecular weight excluding hydrogens is 262 g/mol. The van der Waals surface area contributed by atoms with Crippen LogP contribution in [0.5, 0.6) is 0 Å². The molecule has 0 fully saturated rings. The van der Waals surface area contributed by atoms with Crippen LogP contribution in [0.1, 0.15) is 98.3 Å². The van der Waals surface area contributed by atoms with Gasteiger partial charge >= 0.3 is 5.97 Å². The molecule has 21 heavy (non-hydrogen) atoms. The largest absolute Gasteiger partial charge is 0.466 e. The zero-order chi connectivity index (χ0) is 15.3. The minimum absolute atomic E-state index is 0. The zero-order valence-electron chi connectivity index (χ0n) is 15.0. The Bertz CT molecular complexity index is 237. The third-order valence-electron chi connectivity index (χ3n) is 4.57. The van der Waals surface area contributed by atoms with Gasteiger partial charge in [0.15, 0.2) is 0 Å². The number of carbonyl (C=O) groups excluding carboxylic acids is 1. The summed E-state index contributed by atoms with van der Waals surface area (Å²) in [6, 6.07) is 0. The van der Waals surface area contributed by atoms with Crippen LogP contribution >= 0.6 is 0 Å². The van der Waals surface area contributed by atoms with Gasteiger partial charge in [-0.25, -0.2) is 0 Å². The van der Waals surface area contributed by atoms with Crippen molar-refractivity contribution in [1.82, 2.24) is 6.15 Å². The van der Waals surface area contributed by atoms with Crippen LogP contribution in [-0.2, 0) is 9.53 Å². The number of rotatable bonds is 13. The maximum atomic E-state index is 12.1. The predicted molar refractivity (Wildman–Crippen MR) is 91.9 cm³/mol. The molecule has 0 aromatic heterocycles. The van der Waals surface area contributed by atoms with Crippen molar-refractivity contribution in [2.24, 2.45) is 5.41 Å². The molecule has 0 heterocycles. The molecule has 0 aromatic carbocycles. The summed E-state index contributed by atoms with van der Waals surface area (Å²) >= 11 is 0. The van der Waals surface area contributed by atoms with Gasteiger partial charge in [0, 0.05) is 0 Å². The van der Waals surface area contributed by atoms with Crippen LogP contribution in [0.3, 0.4) is 0 Å². The second-order valence-electron chi connectivity index (χ2n) is 5.93. The van der Waals surface area contributed by atoms with E-state index in [2.05, 4.69) is 20.8 Å². The van der Waals surface area contributed by atoms with Crippen molar-refractivity contribution in [3.05, 3.63) is 0 Å². The van der Waals surface area contributed by atoms with Gasteiger partial charge in [-0.15, -0.1) is 0 Å². The first-order chi connectivity index (χ1) is 9.66. The van der Waals surface area contributed by atoms with Crippen molar-refractivity contribution in [2.75, 3.05) is 6.61 Å². The summed E-state index contributed by atoms with van der Waals surface area (Å²) in [5.41, 5.74) is -0.224. The standard InChI is InChI=1S/C18H36O2.H3N/c1-5-9-10-11-12-13-14-15-16-18(6-2,7-3)17(19)20-8-4;/h5-16H2,1-4H3;1H3. The fraction of sp³-hybridized carbons (Fsp3) is 0.944. The van der Waals surface area contributed by atoms with E-state index in [1.54, 1.807) is 0 Å². The molecule has 0 aliphatic heterocycles. The molecule has 0 saturated heterocycles. The van der Waals surface area contributed by atoms with Crippen LogP contribution in [-0.4, -0.2) is 12.6 Å². The topological polar surface area (TPSA) is 61.3 Å². The average molecular weight is 302 g/mol. The maximum Gasteiger partial charge on any atom is 0.312 e. The number of unbranched alkanes of at least 4 members (excludes halogenated alkanes) is 7. The second-order valence-corrected chi connectivity index (χ2v) is 5.93. The van der Waals surface area contributed by atoms with E-state index in [-0.39, 0.29) is 17.5 Å². The summed E-state index contributed by atoms with van der Waals surface area (Å²) in [6.45, 7) is 8.88. The van der Waals surface area contributed by atoms with E-state index in [9.17, 15) is 4.79 Å². The molecule has 0 bridgehead atoms. The number of carbonyl (C=O) groups is 1. The molecular formula is C18H39NO2. The van der Waals surface area contributed by atoms with E-state index in [4.69, 9.17) is 4.74 Å². The van der Waals surface area contributed by atoms with Crippen molar-refractivity contribution < 1.29 is 9.53 Å². The van der Waals surface area contributed by atoms with Gasteiger partial charge in [-0.2, -0.15) is 0 Å². The fourth-order valence-electron chi connectivity index (χ4n) is 2.88. The minimum atomic E-state index is -0.224. The molecule has 0 radical (unpaired) electrons. The van der Waals surface area contributed by atoms with Gasteiger partial charge in [-0.1, -0.05) is 72.1 Å². The average Bonchev–Trinajstić information content (AvgIpc) is 2.46. The molecule has 3 heteroatoms. The highest BCUT2D eigenvalue weighted by molar-refractivity contribution is 5.76. The smallest absolute Gasteiger partial charge is 0.312 e. The normalized spacial score (nSPS) is 11.0. The Hall–Kier alpha value is -0.570. The lowest BCUT2D eigenvalue weighted by atomic mass is 9.77. The molecule has 0 aromatic rings. The van der Waals surface area contributed by atoms with Gasteiger partial charge in [0.2, 0.25) is 0 Å². The SMILES string of the molecule is CCCCCCCCCCC(CC)(CC)C(=O)OCC.N. The van der Waals surface area contributed by atoms with Gasteiger partial charge in [-0.3, -0.25) is 4.79 Å². The number of ether oxygens (including phenoxy) is 1. The van der Waals surface area contributed by atoms with Crippen molar-refractivity contribution in [1.29, 1.82) is 0 Å². The Morgan fingerprint density at radius 3 is 1.71 bits per heavy atom. The molecule has 0 aliphatic carbocycles. The highest BCUT2D eigenvalue weighted by Gasteiger charge is 2.35. The number of hydrogen-bond donors (Lipinski definition) is 1. The first kappa shape index (κ1) is 22.7. The van der Waals surface area contributed by atoms with Crippen LogP contribution in [0, 0.1) is 5.41 Å². The third-order valence-corrected chi connectivity index (χ3v) is 4.57. The quantitative estimate of drug-likeness (QED) is 0.333. The Morgan fingerprint density at radius 1 is 0.810 bits per heavy atom. The summed E-state index contributed by atoms with van der Waals surface area (Å²) in [5.74, 6) is 0.0212. The second kappa shape index (κ2) is 14.4. The van der Waals surface area contributed by atoms with Gasteiger partial charge in [0.05, 0.1) is 12.0 Å². The van der Waals surface area contributed by atoms with Crippen molar-refractivity contribution in [3.63, 3.8) is 0 Å². The molecule has 0 unspecified atom stereocenters. The highest BCUT2D eigenvalue weighted by Crippen LogP contribution is 2.34. The van der Waals surface area contributed by atoms with Crippen molar-refractivity contribution in [2.45, 2.75) is 98.3 Å². The predicted octanol–water partition coefficient (Wildman–Crippen LogP) is 6.05. The van der Waals surface area contributed by atoms with Crippen molar-refractivity contribution >= 4 is 5.97 Å². The molecule has 0 amide bonds. The summed E-state index contributed by atoms with van der Waals surface area (Å²) in [5, 5.41) is 0. The summed E-state index contributed by atoms with van der Waals surface area (Å²) in [7, 11) is 0. The number of esters is 1. The molecule has 0 saturated carbocycles. The van der Waals surface area contributed by atoms with E-state index in [0.717, 1.165) is 25.7 Å². The molecule has 0 atom stereocenters. The lowest BCUT2D eigenvalue weighted by Crippen LogP contribution is -2.32. The van der Waals surface area contributed by atoms with Crippen LogP contribution < -0.4 is 6.15 Å². The molecule has 0 spiro atoms. The molecule has 128 valence electrons. The minimum Gasteiger partial charge on any atom is -0.466 e. The first-order valence-electron chi connectivity index (χ1n) is 8.84. The lowest BCUT2D eigenvalue weighted by Gasteiger charge is -2.29. The Morgan fingerprint density at radius 2 is 1.29 bits per heavy atom. The lowest BCUT2D eigenvalue weighted by molar-refractivity contribution is -0.156. The summed E-state index contributed by atoms with van der Waals surface area (Å²) < 4.78 is 5.27. The third kappa shape index (κ3) is 9.13. The fourth-order valence-corrected chi connectivity index (χ4v) is 2.88. The molecule has 0 aliphatic rings. The first-order valence-corrected chi connectivity index (χ1v) is 8.84. The van der Waals surface area contributed by atoms with E-state index in [0.29, 0.717) is 6.61 Å². The summed E-state index contributed by atoms with van der Waals surface area (Å²) in [6.07, 6.45) is 13.3. The Labute approximate surface area is 132 Å². The van der Waals surface area contributed by atoms with Crippen molar-refractivity contribution in [3.8, 4) is 0 Å². The highest BCUT2D eigenvalue weighted by atomic mass is 16.5. The van der Waals surface area contributed by atoms with Crippen LogP contribution in [0.4, 0.5) is 0 Å². The van der Waals surface area contributed by atoms with E-state index in [1.165, 1.54) is 44.9 Å². The maximum absolute atomic E-state index is 12.1. The van der Waals surface area contributed by atoms with E-state index in [1.807, 2.05) is 6.92 Å². The zero-order valence-corrected chi connectivity index (χ0v) is 15.0.